The normalized spacial score (nSPS) is 22.7. The van der Waals surface area contributed by atoms with Gasteiger partial charge in [0.25, 0.3) is 5.91 Å². The number of nitrogens with two attached hydrogens (primary N) is 1. The quantitative estimate of drug-likeness (QED) is 0.176. The fraction of sp³-hybridized carbons (Fsp3) is 0.516. The van der Waals surface area contributed by atoms with E-state index < -0.39 is 0 Å². The first-order valence-corrected chi connectivity index (χ1v) is 15.7. The molecule has 8 nitrogen and oxygen atoms in total. The molecule has 41 heavy (non-hydrogen) atoms. The lowest BCUT2D eigenvalue weighted by molar-refractivity contribution is -0.124. The summed E-state index contributed by atoms with van der Waals surface area (Å²) in [5.41, 5.74) is 7.30. The van der Waals surface area contributed by atoms with Gasteiger partial charge in [-0.25, -0.2) is 0 Å². The van der Waals surface area contributed by atoms with Gasteiger partial charge in [0.15, 0.2) is 0 Å². The largest absolute Gasteiger partial charge is 0.497 e. The van der Waals surface area contributed by atoms with Crippen LogP contribution >= 0.6 is 24.0 Å². The summed E-state index contributed by atoms with van der Waals surface area (Å²) >= 11 is 7.06. The van der Waals surface area contributed by atoms with Crippen molar-refractivity contribution in [1.82, 2.24) is 10.2 Å². The average molecular weight is 598 g/mol. The zero-order chi connectivity index (χ0) is 28.9. The zero-order valence-corrected chi connectivity index (χ0v) is 25.4. The number of fused-ring (bicyclic) bond motifs is 2. The topological polar surface area (TPSA) is 107 Å². The van der Waals surface area contributed by atoms with Crippen LogP contribution in [0.3, 0.4) is 0 Å². The minimum Gasteiger partial charge on any atom is -0.497 e. The SMILES string of the molecule is COc1cc(OC)cc(-c2cc(CCCNC(=O)CCCCN)c(/C=C3\SC(=S)N(C4CC5CCC4C5)C3=O)o2)c1. The molecule has 5 rings (SSSR count). The lowest BCUT2D eigenvalue weighted by Crippen LogP contribution is -2.41. The van der Waals surface area contributed by atoms with Gasteiger partial charge >= 0.3 is 0 Å². The van der Waals surface area contributed by atoms with Gasteiger partial charge in [0.2, 0.25) is 5.91 Å². The summed E-state index contributed by atoms with van der Waals surface area (Å²) in [6.07, 6.45) is 10.1. The first kappa shape index (κ1) is 29.7. The number of nitrogens with zero attached hydrogens (tertiary/aromatic N) is 1. The molecule has 2 aromatic rings. The minimum atomic E-state index is -0.0192. The van der Waals surface area contributed by atoms with Gasteiger partial charge in [0.05, 0.1) is 19.1 Å². The molecule has 2 bridgehead atoms. The standard InChI is InChI=1S/C31H39N3O5S2/c1-37-23-14-22(15-24(17-23)38-2)26-16-21(6-5-11-33-29(35)7-3-4-10-32)27(39-26)18-28-30(36)34(31(40)41-28)25-13-19-8-9-20(25)12-19/h14-20,25H,3-13,32H2,1-2H3,(H,33,35)/b28-18-. The highest BCUT2D eigenvalue weighted by Gasteiger charge is 2.48. The fourth-order valence-corrected chi connectivity index (χ4v) is 7.63. The number of carbonyl (C=O) groups is 2. The predicted molar refractivity (Wildman–Crippen MR) is 166 cm³/mol. The van der Waals surface area contributed by atoms with Crippen molar-refractivity contribution in [2.75, 3.05) is 27.3 Å². The van der Waals surface area contributed by atoms with E-state index in [1.807, 2.05) is 35.2 Å². The molecule has 2 heterocycles. The van der Waals surface area contributed by atoms with Crippen LogP contribution in [0, 0.1) is 11.8 Å². The Bertz CT molecular complexity index is 1300. The van der Waals surface area contributed by atoms with Crippen molar-refractivity contribution in [2.24, 2.45) is 17.6 Å². The Hall–Kier alpha value is -2.82. The summed E-state index contributed by atoms with van der Waals surface area (Å²) < 4.78 is 17.9. The van der Waals surface area contributed by atoms with Crippen LogP contribution in [0.1, 0.15) is 62.7 Å². The van der Waals surface area contributed by atoms with Crippen molar-refractivity contribution in [3.63, 3.8) is 0 Å². The summed E-state index contributed by atoms with van der Waals surface area (Å²) in [6.45, 7) is 1.15. The number of furan rings is 1. The molecule has 1 saturated heterocycles. The van der Waals surface area contributed by atoms with E-state index in [0.29, 0.717) is 64.1 Å². The number of benzene rings is 1. The second-order valence-electron chi connectivity index (χ2n) is 11.1. The van der Waals surface area contributed by atoms with Crippen LogP contribution in [0.4, 0.5) is 0 Å². The highest BCUT2D eigenvalue weighted by Crippen LogP contribution is 2.49. The Morgan fingerprint density at radius 3 is 2.59 bits per heavy atom. The van der Waals surface area contributed by atoms with Crippen molar-refractivity contribution in [2.45, 2.75) is 63.8 Å². The summed E-state index contributed by atoms with van der Waals surface area (Å²) in [6, 6.07) is 7.82. The number of aryl methyl sites for hydroxylation is 1. The van der Waals surface area contributed by atoms with Gasteiger partial charge in [-0.05, 0) is 87.1 Å². The van der Waals surface area contributed by atoms with E-state index in [1.165, 1.54) is 31.0 Å². The van der Waals surface area contributed by atoms with Crippen LogP contribution in [0.25, 0.3) is 17.4 Å². The molecule has 3 aliphatic rings. The lowest BCUT2D eigenvalue weighted by Gasteiger charge is -2.30. The second-order valence-corrected chi connectivity index (χ2v) is 12.8. The Kier molecular flexibility index (Phi) is 9.72. The number of thioether (sulfide) groups is 1. The average Bonchev–Trinajstić information content (AvgIpc) is 3.75. The smallest absolute Gasteiger partial charge is 0.266 e. The molecule has 3 N–H and O–H groups in total. The maximum Gasteiger partial charge on any atom is 0.266 e. The van der Waals surface area contributed by atoms with Crippen LogP contribution in [0.2, 0.25) is 0 Å². The van der Waals surface area contributed by atoms with E-state index in [2.05, 4.69) is 5.32 Å². The van der Waals surface area contributed by atoms with E-state index in [9.17, 15) is 9.59 Å². The molecular weight excluding hydrogens is 558 g/mol. The first-order chi connectivity index (χ1) is 19.9. The number of thiocarbonyl (C=S) groups is 1. The van der Waals surface area contributed by atoms with Crippen molar-refractivity contribution in [3.05, 3.63) is 40.5 Å². The number of rotatable bonds is 13. The van der Waals surface area contributed by atoms with Gasteiger partial charge in [-0.15, -0.1) is 0 Å². The predicted octanol–water partition coefficient (Wildman–Crippen LogP) is 5.53. The molecule has 2 amide bonds. The van der Waals surface area contributed by atoms with Gasteiger partial charge in [0.1, 0.15) is 27.3 Å². The van der Waals surface area contributed by atoms with Gasteiger partial charge < -0.3 is 24.9 Å². The van der Waals surface area contributed by atoms with Gasteiger partial charge in [-0.2, -0.15) is 0 Å². The van der Waals surface area contributed by atoms with E-state index >= 15 is 0 Å². The molecule has 0 radical (unpaired) electrons. The third-order valence-electron chi connectivity index (χ3n) is 8.40. The fourth-order valence-electron chi connectivity index (χ4n) is 6.29. The van der Waals surface area contributed by atoms with E-state index in [0.717, 1.165) is 42.7 Å². The third-order valence-corrected chi connectivity index (χ3v) is 9.73. The molecule has 1 aromatic heterocycles. The Balaban J connectivity index is 1.36. The van der Waals surface area contributed by atoms with Crippen LogP contribution in [0.15, 0.2) is 33.6 Å². The van der Waals surface area contributed by atoms with Crippen molar-refractivity contribution in [1.29, 1.82) is 0 Å². The molecule has 10 heteroatoms. The molecule has 0 spiro atoms. The first-order valence-electron chi connectivity index (χ1n) is 14.5. The van der Waals surface area contributed by atoms with Crippen LogP contribution in [-0.2, 0) is 16.0 Å². The maximum atomic E-state index is 13.6. The number of hydrogen-bond donors (Lipinski definition) is 2. The van der Waals surface area contributed by atoms with Crippen LogP contribution in [-0.4, -0.2) is 54.4 Å². The highest BCUT2D eigenvalue weighted by molar-refractivity contribution is 8.26. The molecule has 3 atom stereocenters. The summed E-state index contributed by atoms with van der Waals surface area (Å²) in [5.74, 6) is 3.89. The molecule has 2 aliphatic carbocycles. The monoisotopic (exact) mass is 597 g/mol. The second kappa shape index (κ2) is 13.4. The number of ether oxygens (including phenoxy) is 2. The number of hydrogen-bond acceptors (Lipinski definition) is 8. The van der Waals surface area contributed by atoms with Gasteiger partial charge in [0, 0.05) is 36.7 Å². The maximum absolute atomic E-state index is 13.6. The zero-order valence-electron chi connectivity index (χ0n) is 23.8. The number of methoxy groups -OCH3 is 2. The molecular formula is C31H39N3O5S2. The Morgan fingerprint density at radius 2 is 1.93 bits per heavy atom. The molecule has 1 aromatic carbocycles. The van der Waals surface area contributed by atoms with Crippen LogP contribution in [0.5, 0.6) is 11.5 Å². The van der Waals surface area contributed by atoms with Crippen molar-refractivity contribution >= 4 is 46.2 Å². The lowest BCUT2D eigenvalue weighted by atomic mass is 9.94. The third kappa shape index (κ3) is 6.81. The molecule has 2 saturated carbocycles. The molecule has 3 fully saturated rings. The summed E-state index contributed by atoms with van der Waals surface area (Å²) in [5, 5.41) is 3.00. The van der Waals surface area contributed by atoms with Crippen molar-refractivity contribution < 1.29 is 23.5 Å². The van der Waals surface area contributed by atoms with E-state index in [-0.39, 0.29) is 17.9 Å². The van der Waals surface area contributed by atoms with Crippen molar-refractivity contribution in [3.8, 4) is 22.8 Å². The number of carbonyl (C=O) groups excluding carboxylic acids is 2. The number of unbranched alkanes of at least 4 members (excludes halogenated alkanes) is 1. The van der Waals surface area contributed by atoms with E-state index in [1.54, 1.807) is 14.2 Å². The minimum absolute atomic E-state index is 0.0192. The Morgan fingerprint density at radius 1 is 1.15 bits per heavy atom. The summed E-state index contributed by atoms with van der Waals surface area (Å²) in [7, 11) is 3.22. The Labute approximate surface area is 251 Å². The van der Waals surface area contributed by atoms with Gasteiger partial charge in [-0.3, -0.25) is 14.5 Å². The van der Waals surface area contributed by atoms with Crippen LogP contribution < -0.4 is 20.5 Å². The summed E-state index contributed by atoms with van der Waals surface area (Å²) in [4.78, 5) is 28.2. The molecule has 3 unspecified atom stereocenters. The molecule has 220 valence electrons. The number of nitrogens with one attached hydrogen (secondary N) is 1. The molecule has 1 aliphatic heterocycles. The van der Waals surface area contributed by atoms with Gasteiger partial charge in [-0.1, -0.05) is 30.4 Å². The number of amides is 2. The van der Waals surface area contributed by atoms with E-state index in [4.69, 9.17) is 31.8 Å². The highest BCUT2D eigenvalue weighted by atomic mass is 32.2.